The summed E-state index contributed by atoms with van der Waals surface area (Å²) in [6.07, 6.45) is 0.750. The quantitative estimate of drug-likeness (QED) is 0.776. The summed E-state index contributed by atoms with van der Waals surface area (Å²) < 4.78 is 40.1. The smallest absolute Gasteiger partial charge is 0.286 e. The molecule has 2 aromatic rings. The van der Waals surface area contributed by atoms with Crippen LogP contribution >= 0.6 is 0 Å². The lowest BCUT2D eigenvalue weighted by atomic mass is 10.1. The van der Waals surface area contributed by atoms with Crippen molar-refractivity contribution in [3.8, 4) is 0 Å². The van der Waals surface area contributed by atoms with Crippen LogP contribution < -0.4 is 16.0 Å². The molecule has 0 aliphatic carbocycles. The second-order valence-electron chi connectivity index (χ2n) is 6.59. The van der Waals surface area contributed by atoms with Crippen LogP contribution in [-0.2, 0) is 6.54 Å². The number of nitrogens with zero attached hydrogens (tertiary/aromatic N) is 3. The van der Waals surface area contributed by atoms with Gasteiger partial charge in [0, 0.05) is 42.5 Å². The van der Waals surface area contributed by atoms with Crippen molar-refractivity contribution in [2.24, 2.45) is 5.73 Å². The minimum absolute atomic E-state index is 0.00390. The lowest BCUT2D eigenvalue weighted by Crippen LogP contribution is -2.33. The molecule has 1 fully saturated rings. The number of aromatic nitrogens is 2. The summed E-state index contributed by atoms with van der Waals surface area (Å²) in [5.74, 6) is -3.93. The summed E-state index contributed by atoms with van der Waals surface area (Å²) >= 11 is 0. The molecule has 9 heteroatoms. The predicted molar refractivity (Wildman–Crippen MR) is 93.8 cm³/mol. The standard InChI is InChI=1S/C18H20F3N5O/c1-9-10(2)24-17(16(22)27)25-18(9)26-6-5-12(8-26)23-7-11-3-4-13(19)15(21)14(11)20/h3-4,12,23H,5-8H2,1-2H3,(H2,22,27)/t12-/m1/s1. The van der Waals surface area contributed by atoms with E-state index in [2.05, 4.69) is 15.3 Å². The number of halogens is 3. The number of amides is 1. The summed E-state index contributed by atoms with van der Waals surface area (Å²) in [6.45, 7) is 4.97. The molecule has 1 aliphatic rings. The van der Waals surface area contributed by atoms with E-state index in [0.717, 1.165) is 18.1 Å². The maximum absolute atomic E-state index is 13.8. The van der Waals surface area contributed by atoms with Crippen LogP contribution in [0.5, 0.6) is 0 Å². The van der Waals surface area contributed by atoms with E-state index in [0.29, 0.717) is 24.6 Å². The fraction of sp³-hybridized carbons (Fsp3) is 0.389. The van der Waals surface area contributed by atoms with Gasteiger partial charge in [-0.3, -0.25) is 4.79 Å². The third kappa shape index (κ3) is 3.87. The third-order valence-corrected chi connectivity index (χ3v) is 4.77. The van der Waals surface area contributed by atoms with E-state index in [9.17, 15) is 18.0 Å². The van der Waals surface area contributed by atoms with Crippen molar-refractivity contribution >= 4 is 11.7 Å². The SMILES string of the molecule is Cc1nc(C(N)=O)nc(N2CC[C@@H](NCc3ccc(F)c(F)c3F)C2)c1C. The van der Waals surface area contributed by atoms with E-state index in [-0.39, 0.29) is 24.0 Å². The van der Waals surface area contributed by atoms with E-state index in [1.807, 2.05) is 11.8 Å². The number of benzene rings is 1. The second kappa shape index (κ2) is 7.51. The Morgan fingerprint density at radius 1 is 1.26 bits per heavy atom. The van der Waals surface area contributed by atoms with Gasteiger partial charge in [0.15, 0.2) is 17.5 Å². The normalized spacial score (nSPS) is 16.8. The van der Waals surface area contributed by atoms with Gasteiger partial charge in [-0.1, -0.05) is 6.07 Å². The van der Waals surface area contributed by atoms with Crippen LogP contribution in [0.4, 0.5) is 19.0 Å². The largest absolute Gasteiger partial charge is 0.363 e. The molecule has 1 aliphatic heterocycles. The van der Waals surface area contributed by atoms with E-state index in [4.69, 9.17) is 5.73 Å². The van der Waals surface area contributed by atoms with Gasteiger partial charge in [0.1, 0.15) is 5.82 Å². The van der Waals surface area contributed by atoms with Gasteiger partial charge in [0.2, 0.25) is 5.82 Å². The number of rotatable bonds is 5. The van der Waals surface area contributed by atoms with Crippen LogP contribution in [0, 0.1) is 31.3 Å². The zero-order valence-corrected chi connectivity index (χ0v) is 15.0. The highest BCUT2D eigenvalue weighted by Crippen LogP contribution is 2.24. The molecule has 1 atom stereocenters. The fourth-order valence-corrected chi connectivity index (χ4v) is 3.11. The minimum atomic E-state index is -1.46. The Bertz CT molecular complexity index is 890. The van der Waals surface area contributed by atoms with Gasteiger partial charge >= 0.3 is 0 Å². The Morgan fingerprint density at radius 3 is 2.70 bits per heavy atom. The van der Waals surface area contributed by atoms with E-state index < -0.39 is 23.4 Å². The Balaban J connectivity index is 1.69. The summed E-state index contributed by atoms with van der Waals surface area (Å²) in [6, 6.07) is 2.14. The van der Waals surface area contributed by atoms with Gasteiger partial charge in [0.05, 0.1) is 0 Å². The number of nitrogens with one attached hydrogen (secondary N) is 1. The lowest BCUT2D eigenvalue weighted by molar-refractivity contribution is 0.0990. The number of nitrogens with two attached hydrogens (primary N) is 1. The fourth-order valence-electron chi connectivity index (χ4n) is 3.11. The first kappa shape index (κ1) is 19.1. The Morgan fingerprint density at radius 2 is 2.00 bits per heavy atom. The first-order valence-corrected chi connectivity index (χ1v) is 8.53. The second-order valence-corrected chi connectivity index (χ2v) is 6.59. The first-order chi connectivity index (χ1) is 12.8. The van der Waals surface area contributed by atoms with Crippen molar-refractivity contribution in [2.45, 2.75) is 32.9 Å². The molecular formula is C18H20F3N5O. The van der Waals surface area contributed by atoms with Crippen molar-refractivity contribution in [3.63, 3.8) is 0 Å². The zero-order valence-electron chi connectivity index (χ0n) is 15.0. The van der Waals surface area contributed by atoms with Crippen LogP contribution in [0.15, 0.2) is 12.1 Å². The highest BCUT2D eigenvalue weighted by atomic mass is 19.2. The van der Waals surface area contributed by atoms with Crippen molar-refractivity contribution < 1.29 is 18.0 Å². The molecule has 1 saturated heterocycles. The van der Waals surface area contributed by atoms with Crippen molar-refractivity contribution in [3.05, 3.63) is 52.2 Å². The number of hydrogen-bond donors (Lipinski definition) is 2. The highest BCUT2D eigenvalue weighted by molar-refractivity contribution is 5.89. The summed E-state index contributed by atoms with van der Waals surface area (Å²) in [4.78, 5) is 21.8. The molecule has 1 amide bonds. The number of anilines is 1. The Labute approximate surface area is 154 Å². The van der Waals surface area contributed by atoms with Gasteiger partial charge in [-0.25, -0.2) is 23.1 Å². The maximum Gasteiger partial charge on any atom is 0.286 e. The summed E-state index contributed by atoms with van der Waals surface area (Å²) in [5.41, 5.74) is 6.89. The molecule has 6 nitrogen and oxygen atoms in total. The molecule has 0 unspecified atom stereocenters. The van der Waals surface area contributed by atoms with Gasteiger partial charge in [-0.05, 0) is 26.3 Å². The van der Waals surface area contributed by atoms with E-state index in [1.165, 1.54) is 6.07 Å². The number of aryl methyl sites for hydroxylation is 1. The van der Waals surface area contributed by atoms with Gasteiger partial charge < -0.3 is 16.0 Å². The highest BCUT2D eigenvalue weighted by Gasteiger charge is 2.26. The van der Waals surface area contributed by atoms with E-state index >= 15 is 0 Å². The van der Waals surface area contributed by atoms with Crippen molar-refractivity contribution in [1.82, 2.24) is 15.3 Å². The Kier molecular flexibility index (Phi) is 5.31. The van der Waals surface area contributed by atoms with Crippen LogP contribution in [0.1, 0.15) is 33.9 Å². The first-order valence-electron chi connectivity index (χ1n) is 8.53. The Hall–Kier alpha value is -2.68. The average Bonchev–Trinajstić information content (AvgIpc) is 3.10. The summed E-state index contributed by atoms with van der Waals surface area (Å²) in [7, 11) is 0. The van der Waals surface area contributed by atoms with E-state index in [1.54, 1.807) is 6.92 Å². The molecule has 144 valence electrons. The van der Waals surface area contributed by atoms with Gasteiger partial charge in [-0.2, -0.15) is 0 Å². The lowest BCUT2D eigenvalue weighted by Gasteiger charge is -2.21. The molecule has 2 heterocycles. The van der Waals surface area contributed by atoms with Crippen LogP contribution in [0.2, 0.25) is 0 Å². The van der Waals surface area contributed by atoms with Crippen molar-refractivity contribution in [2.75, 3.05) is 18.0 Å². The third-order valence-electron chi connectivity index (χ3n) is 4.77. The molecule has 1 aromatic carbocycles. The molecule has 3 rings (SSSR count). The topological polar surface area (TPSA) is 84.1 Å². The molecule has 0 radical (unpaired) electrons. The monoisotopic (exact) mass is 379 g/mol. The van der Waals surface area contributed by atoms with Gasteiger partial charge in [-0.15, -0.1) is 0 Å². The van der Waals surface area contributed by atoms with Crippen LogP contribution in [-0.4, -0.2) is 35.0 Å². The van der Waals surface area contributed by atoms with Crippen molar-refractivity contribution in [1.29, 1.82) is 0 Å². The average molecular weight is 379 g/mol. The van der Waals surface area contributed by atoms with Gasteiger partial charge in [0.25, 0.3) is 5.91 Å². The van der Waals surface area contributed by atoms with Crippen LogP contribution in [0.25, 0.3) is 0 Å². The molecular weight excluding hydrogens is 359 g/mol. The molecule has 0 spiro atoms. The molecule has 0 saturated carbocycles. The maximum atomic E-state index is 13.8. The predicted octanol–water partition coefficient (Wildman–Crippen LogP) is 1.98. The number of carbonyl (C=O) groups excluding carboxylic acids is 1. The minimum Gasteiger partial charge on any atom is -0.363 e. The summed E-state index contributed by atoms with van der Waals surface area (Å²) in [5, 5.41) is 3.15. The molecule has 0 bridgehead atoms. The number of hydrogen-bond acceptors (Lipinski definition) is 5. The van der Waals surface area contributed by atoms with Crippen LogP contribution in [0.3, 0.4) is 0 Å². The number of carbonyl (C=O) groups is 1. The zero-order chi connectivity index (χ0) is 19.7. The molecule has 1 aromatic heterocycles. The molecule has 27 heavy (non-hydrogen) atoms. The number of primary amides is 1. The molecule has 3 N–H and O–H groups in total.